The van der Waals surface area contributed by atoms with Gasteiger partial charge in [0.25, 0.3) is 0 Å². The van der Waals surface area contributed by atoms with E-state index in [0.29, 0.717) is 0 Å². The highest BCUT2D eigenvalue weighted by Crippen LogP contribution is 2.16. The summed E-state index contributed by atoms with van der Waals surface area (Å²) in [5.41, 5.74) is 0. The van der Waals surface area contributed by atoms with Gasteiger partial charge in [-0.3, -0.25) is 0 Å². The van der Waals surface area contributed by atoms with Crippen LogP contribution in [0, 0.1) is 0 Å². The van der Waals surface area contributed by atoms with Crippen molar-refractivity contribution in [1.82, 2.24) is 0 Å². The van der Waals surface area contributed by atoms with Crippen LogP contribution in [0.2, 0.25) is 0 Å². The smallest absolute Gasteiger partial charge is 0.393 e. The highest BCUT2D eigenvalue weighted by atomic mass is 35.6. The Morgan fingerprint density at radius 1 is 1.10 bits per heavy atom. The molecule has 1 rings (SSSR count). The van der Waals surface area contributed by atoms with Crippen molar-refractivity contribution in [2.24, 2.45) is 0 Å². The Balaban J connectivity index is 0.000000236. The predicted octanol–water partition coefficient (Wildman–Crippen LogP) is 2.31. The molecule has 1 fully saturated rings. The molecule has 1 aliphatic carbocycles. The molecule has 0 spiro atoms. The van der Waals surface area contributed by atoms with E-state index in [1.54, 1.807) is 0 Å². The molecule has 0 aromatic rings. The molecule has 0 bridgehead atoms. The van der Waals surface area contributed by atoms with Gasteiger partial charge in [-0.25, -0.2) is 0 Å². The van der Waals surface area contributed by atoms with Crippen molar-refractivity contribution < 1.29 is 5.11 Å². The lowest BCUT2D eigenvalue weighted by atomic mass is 9.98. The van der Waals surface area contributed by atoms with Crippen molar-refractivity contribution >= 4 is 36.3 Å². The first kappa shape index (κ1) is 11.3. The molecule has 1 N–H and O–H groups in total. The van der Waals surface area contributed by atoms with Gasteiger partial charge in [0.1, 0.15) is 0 Å². The second kappa shape index (κ2) is 8.40. The first-order valence-corrected chi connectivity index (χ1v) is 7.89. The fourth-order valence-electron chi connectivity index (χ4n) is 1.08. The SMILES string of the molecule is OC1CCCCC1.[Cl][Mg][Cl]. The zero-order valence-electron chi connectivity index (χ0n) is 6.02. The first-order valence-electron chi connectivity index (χ1n) is 3.61. The summed E-state index contributed by atoms with van der Waals surface area (Å²) < 4.78 is 0. The van der Waals surface area contributed by atoms with Crippen LogP contribution in [0.3, 0.4) is 0 Å². The van der Waals surface area contributed by atoms with Gasteiger partial charge in [-0.1, -0.05) is 19.3 Å². The molecular weight excluding hydrogens is 183 g/mol. The maximum Gasteiger partial charge on any atom is 0.618 e. The van der Waals surface area contributed by atoms with Crippen molar-refractivity contribution in [1.29, 1.82) is 0 Å². The molecule has 0 unspecified atom stereocenters. The van der Waals surface area contributed by atoms with E-state index in [1.165, 1.54) is 19.3 Å². The van der Waals surface area contributed by atoms with Crippen LogP contribution >= 0.6 is 18.1 Å². The Kier molecular flexibility index (Phi) is 9.50. The van der Waals surface area contributed by atoms with Crippen molar-refractivity contribution in [3.05, 3.63) is 0 Å². The lowest BCUT2D eigenvalue weighted by Crippen LogP contribution is -2.09. The quantitative estimate of drug-likeness (QED) is 0.588. The standard InChI is InChI=1S/C6H12O.2ClH.Mg/c7-6-4-2-1-3-5-6;;;/h6-7H,1-5H2;2*1H;/q;;;+2/p-2. The minimum absolute atomic E-state index is 0.0359. The third-order valence-corrected chi connectivity index (χ3v) is 1.57. The van der Waals surface area contributed by atoms with Gasteiger partial charge in [0.15, 0.2) is 0 Å². The highest BCUT2D eigenvalue weighted by molar-refractivity contribution is 7.22. The van der Waals surface area contributed by atoms with Gasteiger partial charge >= 0.3 is 18.2 Å². The van der Waals surface area contributed by atoms with Crippen molar-refractivity contribution in [2.75, 3.05) is 0 Å². The summed E-state index contributed by atoms with van der Waals surface area (Å²) >= 11 is -0.639. The molecule has 0 radical (unpaired) electrons. The Bertz CT molecular complexity index is 66.8. The monoisotopic (exact) mass is 194 g/mol. The average Bonchev–Trinajstić information content (AvgIpc) is 1.91. The van der Waals surface area contributed by atoms with Crippen LogP contribution in [-0.4, -0.2) is 29.4 Å². The third-order valence-electron chi connectivity index (χ3n) is 1.57. The van der Waals surface area contributed by atoms with Gasteiger partial charge in [0, 0.05) is 0 Å². The predicted molar refractivity (Wildman–Crippen MR) is 46.6 cm³/mol. The van der Waals surface area contributed by atoms with E-state index in [-0.39, 0.29) is 6.10 Å². The molecule has 0 aromatic carbocycles. The zero-order valence-corrected chi connectivity index (χ0v) is 8.95. The van der Waals surface area contributed by atoms with E-state index in [1.807, 2.05) is 0 Å². The molecule has 1 saturated carbocycles. The van der Waals surface area contributed by atoms with Crippen molar-refractivity contribution in [3.8, 4) is 0 Å². The summed E-state index contributed by atoms with van der Waals surface area (Å²) in [6, 6.07) is 0. The normalized spacial score (nSPS) is 18.7. The van der Waals surface area contributed by atoms with Crippen LogP contribution in [0.25, 0.3) is 0 Å². The van der Waals surface area contributed by atoms with E-state index < -0.39 is 18.2 Å². The third kappa shape index (κ3) is 7.41. The second-order valence-corrected chi connectivity index (χ2v) is 5.02. The van der Waals surface area contributed by atoms with Gasteiger partial charge in [-0.05, 0) is 12.8 Å². The van der Waals surface area contributed by atoms with Crippen LogP contribution < -0.4 is 0 Å². The second-order valence-electron chi connectivity index (χ2n) is 2.39. The Morgan fingerprint density at radius 3 is 1.70 bits per heavy atom. The Labute approximate surface area is 79.4 Å². The Hall–Kier alpha value is 1.31. The molecule has 0 heterocycles. The minimum atomic E-state index is -0.639. The van der Waals surface area contributed by atoms with Gasteiger partial charge in [-0.2, -0.15) is 0 Å². The molecule has 1 nitrogen and oxygen atoms in total. The first-order chi connectivity index (χ1) is 4.81. The molecule has 0 amide bonds. The zero-order chi connectivity index (χ0) is 7.82. The number of aliphatic hydroxyl groups is 1. The molecule has 1 aliphatic rings. The maximum absolute atomic E-state index is 8.91. The molecular formula is C6H12Cl2MgO. The Morgan fingerprint density at radius 2 is 1.50 bits per heavy atom. The van der Waals surface area contributed by atoms with Gasteiger partial charge < -0.3 is 23.2 Å². The van der Waals surface area contributed by atoms with E-state index in [9.17, 15) is 0 Å². The highest BCUT2D eigenvalue weighted by Gasteiger charge is 2.07. The molecule has 10 heavy (non-hydrogen) atoms. The summed E-state index contributed by atoms with van der Waals surface area (Å²) in [5.74, 6) is 0. The molecule has 0 atom stereocenters. The number of rotatable bonds is 0. The van der Waals surface area contributed by atoms with Gasteiger partial charge in [0.2, 0.25) is 0 Å². The van der Waals surface area contributed by atoms with Crippen molar-refractivity contribution in [3.63, 3.8) is 0 Å². The summed E-state index contributed by atoms with van der Waals surface area (Å²) in [6.07, 6.45) is 5.92. The van der Waals surface area contributed by atoms with Crippen LogP contribution in [0.15, 0.2) is 0 Å². The van der Waals surface area contributed by atoms with Gasteiger partial charge in [0.05, 0.1) is 6.10 Å². The van der Waals surface area contributed by atoms with Crippen LogP contribution in [0.4, 0.5) is 0 Å². The van der Waals surface area contributed by atoms with E-state index in [0.717, 1.165) is 12.8 Å². The summed E-state index contributed by atoms with van der Waals surface area (Å²) in [5, 5.41) is 8.91. The van der Waals surface area contributed by atoms with Crippen molar-refractivity contribution in [2.45, 2.75) is 38.2 Å². The number of aliphatic hydroxyl groups excluding tert-OH is 1. The number of hydrogen-bond donors (Lipinski definition) is 1. The summed E-state index contributed by atoms with van der Waals surface area (Å²) in [4.78, 5) is 0. The fourth-order valence-corrected chi connectivity index (χ4v) is 1.08. The molecule has 58 valence electrons. The molecule has 4 heteroatoms. The number of halogens is 2. The molecule has 0 saturated heterocycles. The largest absolute Gasteiger partial charge is 0.618 e. The van der Waals surface area contributed by atoms with E-state index in [2.05, 4.69) is 0 Å². The molecule has 0 aromatic heterocycles. The topological polar surface area (TPSA) is 20.2 Å². The van der Waals surface area contributed by atoms with Crippen LogP contribution in [0.1, 0.15) is 32.1 Å². The van der Waals surface area contributed by atoms with E-state index in [4.69, 9.17) is 23.2 Å². The number of hydrogen-bond acceptors (Lipinski definition) is 1. The van der Waals surface area contributed by atoms with Crippen LogP contribution in [-0.2, 0) is 0 Å². The molecule has 0 aliphatic heterocycles. The lowest BCUT2D eigenvalue weighted by Gasteiger charge is -2.14. The minimum Gasteiger partial charge on any atom is -0.393 e. The maximum atomic E-state index is 8.91. The summed E-state index contributed by atoms with van der Waals surface area (Å²) in [7, 11) is 9.81. The fraction of sp³-hybridized carbons (Fsp3) is 1.00. The van der Waals surface area contributed by atoms with Crippen LogP contribution in [0.5, 0.6) is 0 Å². The lowest BCUT2D eigenvalue weighted by molar-refractivity contribution is 0.130. The summed E-state index contributed by atoms with van der Waals surface area (Å²) in [6.45, 7) is 0. The average molecular weight is 195 g/mol. The van der Waals surface area contributed by atoms with E-state index >= 15 is 0 Å². The van der Waals surface area contributed by atoms with Gasteiger partial charge in [-0.15, -0.1) is 0 Å².